The fourth-order valence-corrected chi connectivity index (χ4v) is 5.30. The lowest BCUT2D eigenvalue weighted by Crippen LogP contribution is -2.54. The molecule has 4 rings (SSSR count). The maximum atomic E-state index is 14.3. The summed E-state index contributed by atoms with van der Waals surface area (Å²) < 4.78 is 15.8. The maximum Gasteiger partial charge on any atom is 0.243 e. The van der Waals surface area contributed by atoms with Crippen molar-refractivity contribution >= 4 is 29.5 Å². The minimum absolute atomic E-state index is 0.0360. The van der Waals surface area contributed by atoms with E-state index in [2.05, 4.69) is 31.3 Å². The summed E-state index contributed by atoms with van der Waals surface area (Å²) in [6, 6.07) is 12.5. The SMILES string of the molecule is CC(C)C[C@H]1NC(=O)[C@@H](C)NC(=O)CN(C(=O)Cc2ccccc2F)CCCNC(=O)Cn2nc(-c3ccccc3)nc2[C@H](C)NC1=O. The van der Waals surface area contributed by atoms with Crippen molar-refractivity contribution in [3.63, 3.8) is 0 Å². The van der Waals surface area contributed by atoms with Crippen molar-refractivity contribution in [1.29, 1.82) is 0 Å². The van der Waals surface area contributed by atoms with Gasteiger partial charge in [0, 0.05) is 18.7 Å². The number of hydrogen-bond donors (Lipinski definition) is 4. The molecule has 256 valence electrons. The van der Waals surface area contributed by atoms with Crippen molar-refractivity contribution in [3.05, 3.63) is 71.8 Å². The molecule has 3 aromatic rings. The van der Waals surface area contributed by atoms with Gasteiger partial charge in [-0.15, -0.1) is 0 Å². The van der Waals surface area contributed by atoms with Gasteiger partial charge in [-0.1, -0.05) is 62.4 Å². The van der Waals surface area contributed by atoms with E-state index in [4.69, 9.17) is 0 Å². The van der Waals surface area contributed by atoms with Crippen molar-refractivity contribution in [1.82, 2.24) is 40.9 Å². The van der Waals surface area contributed by atoms with Crippen LogP contribution in [0, 0.1) is 11.7 Å². The Morgan fingerprint density at radius 1 is 0.896 bits per heavy atom. The molecule has 13 nitrogen and oxygen atoms in total. The molecule has 2 heterocycles. The van der Waals surface area contributed by atoms with E-state index in [0.29, 0.717) is 24.5 Å². The number of carbonyl (C=O) groups is 5. The average Bonchev–Trinajstić information content (AvgIpc) is 3.46. The second-order valence-corrected chi connectivity index (χ2v) is 12.3. The highest BCUT2D eigenvalue weighted by atomic mass is 19.1. The summed E-state index contributed by atoms with van der Waals surface area (Å²) in [5.74, 6) is -2.31. The molecule has 1 aliphatic heterocycles. The molecule has 3 atom stereocenters. The first kappa shape index (κ1) is 35.7. The minimum atomic E-state index is -1.03. The van der Waals surface area contributed by atoms with Crippen molar-refractivity contribution in [2.45, 2.75) is 71.6 Å². The van der Waals surface area contributed by atoms with Crippen molar-refractivity contribution in [2.24, 2.45) is 5.92 Å². The number of hydrogen-bond acceptors (Lipinski definition) is 7. The van der Waals surface area contributed by atoms with Crippen LogP contribution in [0.2, 0.25) is 0 Å². The Bertz CT molecular complexity index is 1610. The Kier molecular flexibility index (Phi) is 12.4. The predicted octanol–water partition coefficient (Wildman–Crippen LogP) is 1.89. The highest BCUT2D eigenvalue weighted by molar-refractivity contribution is 5.93. The number of halogens is 1. The molecule has 0 unspecified atom stereocenters. The second kappa shape index (κ2) is 16.6. The number of benzene rings is 2. The number of fused-ring (bicyclic) bond motifs is 1. The third-order valence-electron chi connectivity index (χ3n) is 7.80. The van der Waals surface area contributed by atoms with E-state index in [9.17, 15) is 28.4 Å². The standard InChI is InChI=1S/C34H43FN8O5/c1-21(2)17-27-34(48)38-22(3)32-40-31(24-11-6-5-7-12-24)41-43(32)20-28(44)36-15-10-16-42(19-29(45)37-23(4)33(47)39-27)30(46)18-25-13-8-9-14-26(25)35/h5-9,11-14,21-23,27H,10,15-20H2,1-4H3,(H,36,44)(H,37,45)(H,38,48)(H,39,47)/t22-,23+,27+/m0/s1. The van der Waals surface area contributed by atoms with Crippen LogP contribution in [0.25, 0.3) is 11.4 Å². The van der Waals surface area contributed by atoms with Gasteiger partial charge in [0.05, 0.1) is 19.0 Å². The average molecular weight is 663 g/mol. The molecule has 0 saturated carbocycles. The minimum Gasteiger partial charge on any atom is -0.354 e. The van der Waals surface area contributed by atoms with E-state index >= 15 is 0 Å². The van der Waals surface area contributed by atoms with Gasteiger partial charge in [0.1, 0.15) is 30.3 Å². The maximum absolute atomic E-state index is 14.3. The van der Waals surface area contributed by atoms with Crippen LogP contribution in [0.5, 0.6) is 0 Å². The lowest BCUT2D eigenvalue weighted by Gasteiger charge is -2.25. The molecular formula is C34H43FN8O5. The lowest BCUT2D eigenvalue weighted by molar-refractivity contribution is -0.137. The number of rotatable bonds is 5. The fourth-order valence-electron chi connectivity index (χ4n) is 5.30. The summed E-state index contributed by atoms with van der Waals surface area (Å²) in [5.41, 5.74) is 0.911. The first-order valence-electron chi connectivity index (χ1n) is 16.1. The third-order valence-corrected chi connectivity index (χ3v) is 7.80. The van der Waals surface area contributed by atoms with E-state index < -0.39 is 54.1 Å². The first-order chi connectivity index (χ1) is 22.9. The molecule has 0 spiro atoms. The van der Waals surface area contributed by atoms with Crippen LogP contribution in [0.1, 0.15) is 58.0 Å². The molecule has 0 radical (unpaired) electrons. The molecule has 1 aliphatic rings. The summed E-state index contributed by atoms with van der Waals surface area (Å²) in [6.45, 7) is 6.69. The van der Waals surface area contributed by atoms with Crippen molar-refractivity contribution in [2.75, 3.05) is 19.6 Å². The van der Waals surface area contributed by atoms with Gasteiger partial charge in [0.15, 0.2) is 5.82 Å². The van der Waals surface area contributed by atoms with Gasteiger partial charge >= 0.3 is 0 Å². The number of carbonyl (C=O) groups excluding carboxylic acids is 5. The van der Waals surface area contributed by atoms with Crippen LogP contribution < -0.4 is 21.3 Å². The first-order valence-corrected chi connectivity index (χ1v) is 16.1. The molecule has 4 N–H and O–H groups in total. The lowest BCUT2D eigenvalue weighted by atomic mass is 10.0. The predicted molar refractivity (Wildman–Crippen MR) is 175 cm³/mol. The quantitative estimate of drug-likeness (QED) is 0.324. The molecule has 0 bridgehead atoms. The van der Waals surface area contributed by atoms with Gasteiger partial charge in [0.2, 0.25) is 29.5 Å². The zero-order valence-electron chi connectivity index (χ0n) is 27.7. The Morgan fingerprint density at radius 3 is 2.31 bits per heavy atom. The summed E-state index contributed by atoms with van der Waals surface area (Å²) in [6.07, 6.45) is 0.333. The summed E-state index contributed by atoms with van der Waals surface area (Å²) in [4.78, 5) is 72.0. The Hall–Kier alpha value is -5.14. The molecule has 0 aliphatic carbocycles. The van der Waals surface area contributed by atoms with Gasteiger partial charge in [-0.05, 0) is 44.2 Å². The highest BCUT2D eigenvalue weighted by Gasteiger charge is 2.29. The van der Waals surface area contributed by atoms with Gasteiger partial charge in [-0.2, -0.15) is 5.10 Å². The van der Waals surface area contributed by atoms with Gasteiger partial charge in [0.25, 0.3) is 0 Å². The van der Waals surface area contributed by atoms with Crippen LogP contribution in [0.15, 0.2) is 54.6 Å². The second-order valence-electron chi connectivity index (χ2n) is 12.3. The van der Waals surface area contributed by atoms with Crippen LogP contribution >= 0.6 is 0 Å². The molecule has 0 fully saturated rings. The summed E-state index contributed by atoms with van der Waals surface area (Å²) in [5, 5.41) is 15.6. The van der Waals surface area contributed by atoms with E-state index in [1.807, 2.05) is 44.2 Å². The molecule has 0 saturated heterocycles. The largest absolute Gasteiger partial charge is 0.354 e. The number of nitrogens with zero attached hydrogens (tertiary/aromatic N) is 4. The van der Waals surface area contributed by atoms with Crippen LogP contribution in [-0.2, 0) is 36.9 Å². The number of nitrogens with one attached hydrogen (secondary N) is 4. The van der Waals surface area contributed by atoms with Crippen LogP contribution in [0.3, 0.4) is 0 Å². The molecule has 5 amide bonds. The molecule has 14 heteroatoms. The van der Waals surface area contributed by atoms with E-state index in [1.54, 1.807) is 13.0 Å². The highest BCUT2D eigenvalue weighted by Crippen LogP contribution is 2.19. The smallest absolute Gasteiger partial charge is 0.243 e. The Balaban J connectivity index is 1.61. The monoisotopic (exact) mass is 662 g/mol. The molecular weight excluding hydrogens is 619 g/mol. The molecule has 1 aromatic heterocycles. The van der Waals surface area contributed by atoms with Crippen molar-refractivity contribution < 1.29 is 28.4 Å². The van der Waals surface area contributed by atoms with Gasteiger partial charge < -0.3 is 26.2 Å². The normalized spacial score (nSPS) is 20.4. The Labute approximate surface area is 279 Å². The molecule has 48 heavy (non-hydrogen) atoms. The van der Waals surface area contributed by atoms with E-state index in [0.717, 1.165) is 5.56 Å². The van der Waals surface area contributed by atoms with Crippen LogP contribution in [0.4, 0.5) is 4.39 Å². The van der Waals surface area contributed by atoms with E-state index in [1.165, 1.54) is 34.7 Å². The number of aromatic nitrogens is 3. The number of amides is 5. The van der Waals surface area contributed by atoms with Gasteiger partial charge in [-0.3, -0.25) is 24.0 Å². The van der Waals surface area contributed by atoms with Crippen LogP contribution in [-0.4, -0.2) is 80.9 Å². The zero-order valence-corrected chi connectivity index (χ0v) is 27.7. The topological polar surface area (TPSA) is 167 Å². The third kappa shape index (κ3) is 9.93. The summed E-state index contributed by atoms with van der Waals surface area (Å²) >= 11 is 0. The zero-order chi connectivity index (χ0) is 34.8. The fraction of sp³-hybridized carbons (Fsp3) is 0.441. The van der Waals surface area contributed by atoms with Crippen molar-refractivity contribution in [3.8, 4) is 11.4 Å². The van der Waals surface area contributed by atoms with E-state index in [-0.39, 0.29) is 43.4 Å². The summed E-state index contributed by atoms with van der Waals surface area (Å²) in [7, 11) is 0. The Morgan fingerprint density at radius 2 is 1.60 bits per heavy atom. The van der Waals surface area contributed by atoms with Gasteiger partial charge in [-0.25, -0.2) is 14.1 Å². The molecule has 2 aromatic carbocycles.